The second-order valence-electron chi connectivity index (χ2n) is 4.13. The predicted octanol–water partition coefficient (Wildman–Crippen LogP) is 2.91. The molecule has 0 aliphatic carbocycles. The van der Waals surface area contributed by atoms with E-state index in [2.05, 4.69) is 0 Å². The molecule has 1 unspecified atom stereocenters. The van der Waals surface area contributed by atoms with Crippen LogP contribution in [0.1, 0.15) is 27.2 Å². The van der Waals surface area contributed by atoms with E-state index in [0.29, 0.717) is 18.7 Å². The molecule has 17 heavy (non-hydrogen) atoms. The van der Waals surface area contributed by atoms with Gasteiger partial charge < -0.3 is 10.0 Å². The summed E-state index contributed by atoms with van der Waals surface area (Å²) in [4.78, 5) is 13.0. The lowest BCUT2D eigenvalue weighted by atomic mass is 9.95. The number of hydrogen-bond acceptors (Lipinski definition) is 2. The molecule has 1 atom stereocenters. The molecule has 0 amide bonds. The van der Waals surface area contributed by atoms with Gasteiger partial charge in [-0.2, -0.15) is 0 Å². The van der Waals surface area contributed by atoms with Gasteiger partial charge in [0.25, 0.3) is 0 Å². The van der Waals surface area contributed by atoms with Crippen LogP contribution < -0.4 is 4.90 Å². The van der Waals surface area contributed by atoms with Crippen LogP contribution in [0.5, 0.6) is 0 Å². The van der Waals surface area contributed by atoms with E-state index in [0.717, 1.165) is 0 Å². The highest BCUT2D eigenvalue weighted by atomic mass is 19.1. The van der Waals surface area contributed by atoms with Crippen LogP contribution in [-0.2, 0) is 4.79 Å². The molecule has 0 radical (unpaired) electrons. The number of likely N-dealkylation sites (N-methyl/N-ethyl adjacent to an activating group) is 1. The first-order valence-electron chi connectivity index (χ1n) is 5.73. The Balaban J connectivity index is 3.24. The van der Waals surface area contributed by atoms with Crippen LogP contribution in [0.15, 0.2) is 24.3 Å². The zero-order chi connectivity index (χ0) is 13.1. The minimum Gasteiger partial charge on any atom is -0.480 e. The predicted molar refractivity (Wildman–Crippen MR) is 65.8 cm³/mol. The standard InChI is InChI=1S/C13H18FNO2/c1-4-13(3,12(16)17)15(5-2)11-9-7-6-8-10(11)14/h6-9H,4-5H2,1-3H3,(H,16,17). The van der Waals surface area contributed by atoms with Crippen molar-refractivity contribution in [3.63, 3.8) is 0 Å². The fraction of sp³-hybridized carbons (Fsp3) is 0.462. The summed E-state index contributed by atoms with van der Waals surface area (Å²) < 4.78 is 13.7. The van der Waals surface area contributed by atoms with Gasteiger partial charge in [-0.05, 0) is 32.4 Å². The van der Waals surface area contributed by atoms with Gasteiger partial charge in [0.1, 0.15) is 11.4 Å². The van der Waals surface area contributed by atoms with Gasteiger partial charge in [-0.3, -0.25) is 0 Å². The number of carbonyl (C=O) groups is 1. The highest BCUT2D eigenvalue weighted by Crippen LogP contribution is 2.29. The first-order chi connectivity index (χ1) is 7.97. The van der Waals surface area contributed by atoms with Crippen molar-refractivity contribution in [2.75, 3.05) is 11.4 Å². The van der Waals surface area contributed by atoms with Crippen molar-refractivity contribution in [3.8, 4) is 0 Å². The average Bonchev–Trinajstić information content (AvgIpc) is 2.31. The van der Waals surface area contributed by atoms with E-state index < -0.39 is 17.3 Å². The number of carboxylic acids is 1. The number of halogens is 1. The van der Waals surface area contributed by atoms with E-state index in [1.54, 1.807) is 36.9 Å². The maximum atomic E-state index is 13.7. The summed E-state index contributed by atoms with van der Waals surface area (Å²) in [6.07, 6.45) is 0.407. The topological polar surface area (TPSA) is 40.5 Å². The third kappa shape index (κ3) is 2.40. The monoisotopic (exact) mass is 239 g/mol. The molecule has 0 heterocycles. The first-order valence-corrected chi connectivity index (χ1v) is 5.73. The fourth-order valence-electron chi connectivity index (χ4n) is 1.91. The number of para-hydroxylation sites is 1. The number of aliphatic carboxylic acids is 1. The molecule has 0 saturated heterocycles. The zero-order valence-electron chi connectivity index (χ0n) is 10.4. The molecular formula is C13H18FNO2. The third-order valence-electron chi connectivity index (χ3n) is 3.20. The van der Waals surface area contributed by atoms with Crippen molar-refractivity contribution >= 4 is 11.7 Å². The van der Waals surface area contributed by atoms with Crippen LogP contribution in [-0.4, -0.2) is 23.2 Å². The largest absolute Gasteiger partial charge is 0.480 e. The highest BCUT2D eigenvalue weighted by Gasteiger charge is 2.38. The van der Waals surface area contributed by atoms with Crippen molar-refractivity contribution in [3.05, 3.63) is 30.1 Å². The second kappa shape index (κ2) is 5.17. The van der Waals surface area contributed by atoms with Crippen LogP contribution >= 0.6 is 0 Å². The molecule has 0 bridgehead atoms. The van der Waals surface area contributed by atoms with E-state index in [-0.39, 0.29) is 0 Å². The van der Waals surface area contributed by atoms with Gasteiger partial charge in [0.2, 0.25) is 0 Å². The van der Waals surface area contributed by atoms with E-state index in [1.165, 1.54) is 6.07 Å². The quantitative estimate of drug-likeness (QED) is 0.858. The van der Waals surface area contributed by atoms with Crippen LogP contribution in [0, 0.1) is 5.82 Å². The zero-order valence-corrected chi connectivity index (χ0v) is 10.4. The Hall–Kier alpha value is -1.58. The molecule has 1 aromatic rings. The molecular weight excluding hydrogens is 221 g/mol. The van der Waals surface area contributed by atoms with Crippen molar-refractivity contribution < 1.29 is 14.3 Å². The van der Waals surface area contributed by atoms with E-state index in [4.69, 9.17) is 0 Å². The van der Waals surface area contributed by atoms with Crippen molar-refractivity contribution in [2.45, 2.75) is 32.7 Å². The molecule has 1 N–H and O–H groups in total. The fourth-order valence-corrected chi connectivity index (χ4v) is 1.91. The van der Waals surface area contributed by atoms with Crippen molar-refractivity contribution in [1.29, 1.82) is 0 Å². The number of carboxylic acid groups (broad SMARTS) is 1. The van der Waals surface area contributed by atoms with Crippen LogP contribution in [0.2, 0.25) is 0 Å². The smallest absolute Gasteiger partial charge is 0.329 e. The molecule has 1 aromatic carbocycles. The number of benzene rings is 1. The summed E-state index contributed by atoms with van der Waals surface area (Å²) in [5, 5.41) is 9.32. The number of rotatable bonds is 5. The van der Waals surface area contributed by atoms with Gasteiger partial charge in [-0.15, -0.1) is 0 Å². The van der Waals surface area contributed by atoms with Gasteiger partial charge in [0.15, 0.2) is 0 Å². The van der Waals surface area contributed by atoms with Crippen molar-refractivity contribution in [1.82, 2.24) is 0 Å². The summed E-state index contributed by atoms with van der Waals surface area (Å²) >= 11 is 0. The Morgan fingerprint density at radius 1 is 1.41 bits per heavy atom. The number of anilines is 1. The van der Waals surface area contributed by atoms with E-state index in [9.17, 15) is 14.3 Å². The maximum Gasteiger partial charge on any atom is 0.329 e. The lowest BCUT2D eigenvalue weighted by Gasteiger charge is -2.38. The lowest BCUT2D eigenvalue weighted by Crippen LogP contribution is -2.52. The van der Waals surface area contributed by atoms with Gasteiger partial charge in [-0.25, -0.2) is 9.18 Å². The van der Waals surface area contributed by atoms with Gasteiger partial charge in [-0.1, -0.05) is 19.1 Å². The van der Waals surface area contributed by atoms with Crippen LogP contribution in [0.25, 0.3) is 0 Å². The third-order valence-corrected chi connectivity index (χ3v) is 3.20. The van der Waals surface area contributed by atoms with Gasteiger partial charge in [0.05, 0.1) is 5.69 Å². The van der Waals surface area contributed by atoms with Gasteiger partial charge >= 0.3 is 5.97 Å². The minimum atomic E-state index is -1.09. The Morgan fingerprint density at radius 2 is 2.00 bits per heavy atom. The molecule has 94 valence electrons. The molecule has 0 aromatic heterocycles. The van der Waals surface area contributed by atoms with Crippen molar-refractivity contribution in [2.24, 2.45) is 0 Å². The normalized spacial score (nSPS) is 14.1. The lowest BCUT2D eigenvalue weighted by molar-refractivity contribution is -0.142. The highest BCUT2D eigenvalue weighted by molar-refractivity contribution is 5.83. The van der Waals surface area contributed by atoms with Crippen LogP contribution in [0.4, 0.5) is 10.1 Å². The molecule has 1 rings (SSSR count). The molecule has 4 heteroatoms. The summed E-state index contributed by atoms with van der Waals surface area (Å²) in [5.74, 6) is -1.33. The SMILES string of the molecule is CCN(c1ccccc1F)C(C)(CC)C(=O)O. The number of nitrogens with zero attached hydrogens (tertiary/aromatic N) is 1. The molecule has 0 saturated carbocycles. The Kier molecular flexibility index (Phi) is 4.10. The van der Waals surface area contributed by atoms with Crippen LogP contribution in [0.3, 0.4) is 0 Å². The molecule has 0 aliphatic heterocycles. The second-order valence-corrected chi connectivity index (χ2v) is 4.13. The Bertz CT molecular complexity index is 408. The van der Waals surface area contributed by atoms with Gasteiger partial charge in [0, 0.05) is 6.54 Å². The number of hydrogen-bond donors (Lipinski definition) is 1. The summed E-state index contributed by atoms with van der Waals surface area (Å²) in [5.41, 5.74) is -0.751. The summed E-state index contributed by atoms with van der Waals surface area (Å²) in [6, 6.07) is 6.25. The molecule has 0 aliphatic rings. The molecule has 0 spiro atoms. The summed E-state index contributed by atoms with van der Waals surface area (Å²) in [7, 11) is 0. The minimum absolute atomic E-state index is 0.335. The Morgan fingerprint density at radius 3 is 2.41 bits per heavy atom. The molecule has 3 nitrogen and oxygen atoms in total. The Labute approximate surface area is 101 Å². The molecule has 0 fully saturated rings. The maximum absolute atomic E-state index is 13.7. The van der Waals surface area contributed by atoms with E-state index in [1.807, 2.05) is 6.92 Å². The average molecular weight is 239 g/mol. The first kappa shape index (κ1) is 13.5. The van der Waals surface area contributed by atoms with E-state index >= 15 is 0 Å². The summed E-state index contributed by atoms with van der Waals surface area (Å²) in [6.45, 7) is 5.67.